The summed E-state index contributed by atoms with van der Waals surface area (Å²) < 4.78 is 0. The number of nitriles is 1. The minimum Gasteiger partial charge on any atom is -0.324 e. The molecule has 0 saturated heterocycles. The van der Waals surface area contributed by atoms with E-state index in [1.54, 1.807) is 0 Å². The molecular formula is C22H20ClN3O. The number of pyridine rings is 1. The number of amides is 1. The van der Waals surface area contributed by atoms with Crippen LogP contribution in [0.5, 0.6) is 0 Å². The van der Waals surface area contributed by atoms with Gasteiger partial charge in [-0.2, -0.15) is 5.26 Å². The lowest BCUT2D eigenvalue weighted by atomic mass is 9.99. The highest BCUT2D eigenvalue weighted by Gasteiger charge is 2.21. The van der Waals surface area contributed by atoms with Gasteiger partial charge in [0.1, 0.15) is 11.1 Å². The second-order valence-corrected chi connectivity index (χ2v) is 7.13. The van der Waals surface area contributed by atoms with Gasteiger partial charge < -0.3 is 5.32 Å². The lowest BCUT2D eigenvalue weighted by molar-refractivity contribution is -0.118. The molecule has 1 heterocycles. The van der Waals surface area contributed by atoms with Crippen molar-refractivity contribution in [1.82, 2.24) is 4.98 Å². The van der Waals surface area contributed by atoms with Gasteiger partial charge in [0.15, 0.2) is 0 Å². The van der Waals surface area contributed by atoms with Crippen molar-refractivity contribution in [2.24, 2.45) is 5.92 Å². The number of rotatable bonds is 4. The van der Waals surface area contributed by atoms with Crippen LogP contribution >= 0.6 is 11.6 Å². The Morgan fingerprint density at radius 2 is 1.89 bits per heavy atom. The van der Waals surface area contributed by atoms with E-state index in [0.717, 1.165) is 33.3 Å². The molecule has 1 aromatic heterocycles. The second-order valence-electron chi connectivity index (χ2n) is 6.78. The van der Waals surface area contributed by atoms with Gasteiger partial charge in [-0.15, -0.1) is 0 Å². The number of carbonyl (C=O) groups is 1. The van der Waals surface area contributed by atoms with Gasteiger partial charge in [0, 0.05) is 17.5 Å². The fourth-order valence-corrected chi connectivity index (χ4v) is 3.30. The van der Waals surface area contributed by atoms with E-state index >= 15 is 0 Å². The molecule has 0 fully saturated rings. The Morgan fingerprint density at radius 1 is 1.19 bits per heavy atom. The highest BCUT2D eigenvalue weighted by atomic mass is 35.5. The monoisotopic (exact) mass is 377 g/mol. The number of hydrogen-bond donors (Lipinski definition) is 1. The zero-order valence-electron chi connectivity index (χ0n) is 15.5. The van der Waals surface area contributed by atoms with Crippen LogP contribution in [-0.4, -0.2) is 10.9 Å². The standard InChI is InChI=1S/C22H20ClN3O/c1-13-7-8-16-10-17(21(23)25-19(16)9-13)11-18(12-24)22(27)26-20-14(2)5-4-6-15(20)3/h4-10,18H,11H2,1-3H3,(H,26,27)/t18-/m1/s1. The minimum absolute atomic E-state index is 0.211. The van der Waals surface area contributed by atoms with Crippen molar-refractivity contribution in [3.8, 4) is 6.07 Å². The number of nitrogens with one attached hydrogen (secondary N) is 1. The zero-order chi connectivity index (χ0) is 19.6. The van der Waals surface area contributed by atoms with Crippen molar-refractivity contribution in [2.45, 2.75) is 27.2 Å². The molecule has 3 aromatic rings. The summed E-state index contributed by atoms with van der Waals surface area (Å²) in [6.07, 6.45) is 0.211. The third-order valence-corrected chi connectivity index (χ3v) is 4.95. The molecule has 0 aliphatic heterocycles. The normalized spacial score (nSPS) is 11.8. The van der Waals surface area contributed by atoms with Crippen LogP contribution in [0.25, 0.3) is 10.9 Å². The van der Waals surface area contributed by atoms with E-state index < -0.39 is 5.92 Å². The third kappa shape index (κ3) is 4.10. The Balaban J connectivity index is 1.85. The summed E-state index contributed by atoms with van der Waals surface area (Å²) in [6.45, 7) is 5.85. The van der Waals surface area contributed by atoms with Crippen LogP contribution in [0.4, 0.5) is 5.69 Å². The Kier molecular flexibility index (Phi) is 5.43. The van der Waals surface area contributed by atoms with Gasteiger partial charge in [-0.05, 0) is 55.2 Å². The molecule has 2 aromatic carbocycles. The van der Waals surface area contributed by atoms with Crippen molar-refractivity contribution < 1.29 is 4.79 Å². The van der Waals surface area contributed by atoms with Gasteiger partial charge in [-0.1, -0.05) is 41.9 Å². The summed E-state index contributed by atoms with van der Waals surface area (Å²) >= 11 is 6.32. The molecule has 1 N–H and O–H groups in total. The van der Waals surface area contributed by atoms with E-state index in [1.807, 2.05) is 63.2 Å². The fourth-order valence-electron chi connectivity index (χ4n) is 3.08. The summed E-state index contributed by atoms with van der Waals surface area (Å²) in [5.41, 5.74) is 5.26. The number of anilines is 1. The molecule has 5 heteroatoms. The van der Waals surface area contributed by atoms with Gasteiger partial charge in [-0.25, -0.2) is 4.98 Å². The smallest absolute Gasteiger partial charge is 0.242 e. The number of aryl methyl sites for hydroxylation is 3. The van der Waals surface area contributed by atoms with Gasteiger partial charge in [-0.3, -0.25) is 4.79 Å². The fraction of sp³-hybridized carbons (Fsp3) is 0.227. The SMILES string of the molecule is Cc1ccc2cc(C[C@H](C#N)C(=O)Nc3c(C)cccc3C)c(Cl)nc2c1. The number of halogens is 1. The molecule has 0 radical (unpaired) electrons. The Bertz CT molecular complexity index is 1050. The summed E-state index contributed by atoms with van der Waals surface area (Å²) in [7, 11) is 0. The maximum atomic E-state index is 12.7. The first kappa shape index (κ1) is 18.9. The van der Waals surface area contributed by atoms with E-state index in [0.29, 0.717) is 10.7 Å². The van der Waals surface area contributed by atoms with Crippen LogP contribution in [0, 0.1) is 38.0 Å². The van der Waals surface area contributed by atoms with Crippen LogP contribution in [0.15, 0.2) is 42.5 Å². The lowest BCUT2D eigenvalue weighted by Crippen LogP contribution is -2.24. The maximum Gasteiger partial charge on any atom is 0.242 e. The molecule has 0 aliphatic carbocycles. The Hall–Kier alpha value is -2.90. The summed E-state index contributed by atoms with van der Waals surface area (Å²) in [5.74, 6) is -1.19. The quantitative estimate of drug-likeness (QED) is 0.640. The van der Waals surface area contributed by atoms with Crippen LogP contribution in [-0.2, 0) is 11.2 Å². The van der Waals surface area contributed by atoms with Crippen molar-refractivity contribution >= 4 is 34.1 Å². The molecule has 0 spiro atoms. The predicted octanol–water partition coefficient (Wildman–Crippen LogP) is 5.13. The highest BCUT2D eigenvalue weighted by molar-refractivity contribution is 6.30. The first-order chi connectivity index (χ1) is 12.9. The molecule has 27 heavy (non-hydrogen) atoms. The molecule has 0 saturated carbocycles. The average Bonchev–Trinajstić information content (AvgIpc) is 2.63. The van der Waals surface area contributed by atoms with Crippen LogP contribution in [0.3, 0.4) is 0 Å². The maximum absolute atomic E-state index is 12.7. The zero-order valence-corrected chi connectivity index (χ0v) is 16.3. The summed E-state index contributed by atoms with van der Waals surface area (Å²) in [6, 6.07) is 15.7. The predicted molar refractivity (Wildman–Crippen MR) is 109 cm³/mol. The van der Waals surface area contributed by atoms with Crippen molar-refractivity contribution in [1.29, 1.82) is 5.26 Å². The van der Waals surface area contributed by atoms with E-state index in [-0.39, 0.29) is 12.3 Å². The van der Waals surface area contributed by atoms with Crippen molar-refractivity contribution in [2.75, 3.05) is 5.32 Å². The van der Waals surface area contributed by atoms with Gasteiger partial charge in [0.05, 0.1) is 11.6 Å². The Labute approximate surface area is 163 Å². The molecule has 1 atom stereocenters. The summed E-state index contributed by atoms with van der Waals surface area (Å²) in [5, 5.41) is 13.7. The average molecular weight is 378 g/mol. The number of benzene rings is 2. The van der Waals surface area contributed by atoms with E-state index in [2.05, 4.69) is 16.4 Å². The molecule has 0 unspecified atom stereocenters. The molecule has 1 amide bonds. The summed E-state index contributed by atoms with van der Waals surface area (Å²) in [4.78, 5) is 17.1. The topological polar surface area (TPSA) is 65.8 Å². The van der Waals surface area contributed by atoms with Gasteiger partial charge in [0.2, 0.25) is 5.91 Å². The lowest BCUT2D eigenvalue weighted by Gasteiger charge is -2.15. The van der Waals surface area contributed by atoms with Crippen molar-refractivity contribution in [3.05, 3.63) is 69.9 Å². The largest absolute Gasteiger partial charge is 0.324 e. The first-order valence-electron chi connectivity index (χ1n) is 8.71. The first-order valence-corrected chi connectivity index (χ1v) is 9.09. The highest BCUT2D eigenvalue weighted by Crippen LogP contribution is 2.25. The third-order valence-electron chi connectivity index (χ3n) is 4.62. The number of fused-ring (bicyclic) bond motifs is 1. The molecule has 4 nitrogen and oxygen atoms in total. The van der Waals surface area contributed by atoms with Crippen LogP contribution in [0.2, 0.25) is 5.15 Å². The molecule has 0 bridgehead atoms. The minimum atomic E-state index is -0.855. The van der Waals surface area contributed by atoms with E-state index in [9.17, 15) is 10.1 Å². The van der Waals surface area contributed by atoms with E-state index in [4.69, 9.17) is 11.6 Å². The van der Waals surface area contributed by atoms with E-state index in [1.165, 1.54) is 0 Å². The molecule has 3 rings (SSSR count). The van der Waals surface area contributed by atoms with Crippen LogP contribution < -0.4 is 5.32 Å². The van der Waals surface area contributed by atoms with Crippen molar-refractivity contribution in [3.63, 3.8) is 0 Å². The number of aromatic nitrogens is 1. The second kappa shape index (κ2) is 7.77. The van der Waals surface area contributed by atoms with Gasteiger partial charge >= 0.3 is 0 Å². The van der Waals surface area contributed by atoms with Crippen LogP contribution in [0.1, 0.15) is 22.3 Å². The number of carbonyl (C=O) groups excluding carboxylic acids is 1. The number of para-hydroxylation sites is 1. The molecule has 136 valence electrons. The molecule has 0 aliphatic rings. The number of hydrogen-bond acceptors (Lipinski definition) is 3. The number of nitrogens with zero attached hydrogens (tertiary/aromatic N) is 2. The molecular weight excluding hydrogens is 358 g/mol. The van der Waals surface area contributed by atoms with Gasteiger partial charge in [0.25, 0.3) is 0 Å². The Morgan fingerprint density at radius 3 is 2.56 bits per heavy atom.